The predicted molar refractivity (Wildman–Crippen MR) is 188 cm³/mol. The Labute approximate surface area is 348 Å². The summed E-state index contributed by atoms with van der Waals surface area (Å²) in [4.78, 5) is 19.4. The van der Waals surface area contributed by atoms with E-state index in [1.165, 1.54) is 24.3 Å². The zero-order valence-electron chi connectivity index (χ0n) is 28.5. The molecule has 0 aliphatic carbocycles. The monoisotopic (exact) mass is 819 g/mol. The molecule has 0 amide bonds. The van der Waals surface area contributed by atoms with Crippen LogP contribution in [0.15, 0.2) is 141 Å². The standard InChI is InChI=1S/C20H13N3O7S.C16H11N3O4.Cr.Na/c24-16-8-5-11-3-1-2-4-13(11)19(16)21-22-20-14-7-6-12(23(26)27)9-15(14)18(10-17(20)25)31(28,29)30;20-14-8-5-10-3-1-2-4-12(10)16(14)18-17-13-7-6-11(19(22)23)9-15(13)21;;/h1-10,24-25H,(H,28,29,30);1-9,20-21H;;/q;;+3;+1/p-4. The Morgan fingerprint density at radius 2 is 1.00 bits per heavy atom. The number of fused-ring (bicyclic) bond motifs is 3. The van der Waals surface area contributed by atoms with Crippen molar-refractivity contribution in [3.05, 3.63) is 135 Å². The van der Waals surface area contributed by atoms with E-state index in [-0.39, 0.29) is 97.6 Å². The van der Waals surface area contributed by atoms with Gasteiger partial charge < -0.3 is 25.0 Å². The number of benzene rings is 7. The average molecular weight is 820 g/mol. The number of non-ortho nitro benzene ring substituents is 2. The first-order valence-corrected chi connectivity index (χ1v) is 16.7. The maximum Gasteiger partial charge on any atom is 3.00 e. The van der Waals surface area contributed by atoms with Gasteiger partial charge in [-0.05, 0) is 29.0 Å². The molecule has 7 aromatic rings. The van der Waals surface area contributed by atoms with Gasteiger partial charge in [0.1, 0.15) is 21.6 Å². The number of aromatic hydroxyl groups is 1. The van der Waals surface area contributed by atoms with Crippen LogP contribution in [0.1, 0.15) is 0 Å². The van der Waals surface area contributed by atoms with Crippen LogP contribution in [-0.4, -0.2) is 27.9 Å². The van der Waals surface area contributed by atoms with Gasteiger partial charge in [-0.2, -0.15) is 15.3 Å². The second-order valence-electron chi connectivity index (χ2n) is 11.3. The van der Waals surface area contributed by atoms with Gasteiger partial charge in [-0.1, -0.05) is 90.0 Å². The van der Waals surface area contributed by atoms with Crippen LogP contribution in [0.25, 0.3) is 32.3 Å². The van der Waals surface area contributed by atoms with E-state index in [2.05, 4.69) is 20.5 Å². The first kappa shape index (κ1) is 42.7. The van der Waals surface area contributed by atoms with Gasteiger partial charge in [0.05, 0.1) is 37.9 Å². The molecule has 7 aromatic carbocycles. The number of nitro groups is 2. The summed E-state index contributed by atoms with van der Waals surface area (Å²) in [6.07, 6.45) is 0. The molecule has 0 aromatic heterocycles. The van der Waals surface area contributed by atoms with Crippen molar-refractivity contribution in [3.63, 3.8) is 0 Å². The second-order valence-corrected chi connectivity index (χ2v) is 12.6. The molecule has 0 aliphatic rings. The Hall–Kier alpha value is -6.04. The summed E-state index contributed by atoms with van der Waals surface area (Å²) in [5.74, 6) is -2.06. The number of hydrogen-bond acceptors (Lipinski definition) is 15. The molecule has 7 rings (SSSR count). The van der Waals surface area contributed by atoms with E-state index in [4.69, 9.17) is 0 Å². The maximum absolute atomic E-state index is 12.5. The summed E-state index contributed by atoms with van der Waals surface area (Å²) < 4.78 is 34.8. The number of nitrogens with zero attached hydrogens (tertiary/aromatic N) is 6. The minimum absolute atomic E-state index is 0. The number of rotatable bonds is 7. The van der Waals surface area contributed by atoms with E-state index >= 15 is 0 Å². The van der Waals surface area contributed by atoms with E-state index in [1.807, 2.05) is 12.1 Å². The van der Waals surface area contributed by atoms with Crippen molar-refractivity contribution in [3.8, 4) is 23.0 Å². The molecule has 56 heavy (non-hydrogen) atoms. The molecule has 0 heterocycles. The number of azo groups is 2. The zero-order chi connectivity index (χ0) is 38.7. The van der Waals surface area contributed by atoms with Crippen LogP contribution >= 0.6 is 0 Å². The Kier molecular flexibility index (Phi) is 13.4. The first-order valence-electron chi connectivity index (χ1n) is 15.3. The topological polar surface area (TPSA) is 282 Å². The molecule has 0 saturated carbocycles. The minimum Gasteiger partial charge on any atom is -0.871 e. The second kappa shape index (κ2) is 17.6. The Bertz CT molecular complexity index is 2840. The molecule has 0 aliphatic heterocycles. The maximum atomic E-state index is 12.5. The number of phenolic OH excluding ortho intramolecular Hbond substituents is 1. The minimum atomic E-state index is -5.11. The van der Waals surface area contributed by atoms with Gasteiger partial charge >= 0.3 is 46.9 Å². The van der Waals surface area contributed by atoms with Gasteiger partial charge in [-0.15, -0.1) is 5.11 Å². The molecule has 0 bridgehead atoms. The van der Waals surface area contributed by atoms with Crippen molar-refractivity contribution < 1.29 is 90.2 Å². The summed E-state index contributed by atoms with van der Waals surface area (Å²) in [5, 5.41) is 86.0. The largest absolute Gasteiger partial charge is 3.00 e. The molecule has 0 unspecified atom stereocenters. The van der Waals surface area contributed by atoms with Crippen molar-refractivity contribution in [1.82, 2.24) is 0 Å². The van der Waals surface area contributed by atoms with Crippen molar-refractivity contribution in [2.45, 2.75) is 4.90 Å². The number of nitro benzene ring substituents is 2. The van der Waals surface area contributed by atoms with E-state index in [1.54, 1.807) is 48.5 Å². The summed E-state index contributed by atoms with van der Waals surface area (Å²) in [6, 6.07) is 27.1. The fraction of sp³-hybridized carbons (Fsp3) is 0. The summed E-state index contributed by atoms with van der Waals surface area (Å²) in [7, 11) is -5.11. The van der Waals surface area contributed by atoms with E-state index < -0.39 is 42.0 Å². The summed E-state index contributed by atoms with van der Waals surface area (Å²) in [5.41, 5.74) is -0.924. The van der Waals surface area contributed by atoms with Gasteiger partial charge in [0.2, 0.25) is 0 Å². The van der Waals surface area contributed by atoms with Gasteiger partial charge in [0, 0.05) is 39.7 Å². The third-order valence-electron chi connectivity index (χ3n) is 7.90. The van der Waals surface area contributed by atoms with Gasteiger partial charge in [-0.25, -0.2) is 8.42 Å². The van der Waals surface area contributed by atoms with Crippen LogP contribution in [0.4, 0.5) is 34.1 Å². The predicted octanol–water partition coefficient (Wildman–Crippen LogP) is 4.31. The van der Waals surface area contributed by atoms with Gasteiger partial charge in [0.25, 0.3) is 11.4 Å². The summed E-state index contributed by atoms with van der Waals surface area (Å²) in [6.45, 7) is 0. The molecular weight excluding hydrogens is 799 g/mol. The van der Waals surface area contributed by atoms with Crippen molar-refractivity contribution in [1.29, 1.82) is 0 Å². The van der Waals surface area contributed by atoms with Crippen LogP contribution in [0, 0.1) is 20.2 Å². The van der Waals surface area contributed by atoms with E-state index in [0.29, 0.717) is 22.2 Å². The fourth-order valence-corrected chi connectivity index (χ4v) is 6.04. The molecule has 1 radical (unpaired) electrons. The van der Waals surface area contributed by atoms with Crippen molar-refractivity contribution in [2.75, 3.05) is 0 Å². The Morgan fingerprint density at radius 1 is 0.536 bits per heavy atom. The third-order valence-corrected chi connectivity index (χ3v) is 8.78. The third kappa shape index (κ3) is 9.08. The normalized spacial score (nSPS) is 11.2. The zero-order valence-corrected chi connectivity index (χ0v) is 32.6. The smallest absolute Gasteiger partial charge is 0.871 e. The Balaban J connectivity index is 0.000000250. The molecular formula is C36H20CrN6NaO11S. The summed E-state index contributed by atoms with van der Waals surface area (Å²) >= 11 is 0. The molecule has 17 nitrogen and oxygen atoms in total. The molecule has 0 fully saturated rings. The van der Waals surface area contributed by atoms with E-state index in [9.17, 15) is 53.6 Å². The number of hydrogen-bond donors (Lipinski definition) is 1. The van der Waals surface area contributed by atoms with Crippen molar-refractivity contribution >= 4 is 76.6 Å². The SMILES string of the molecule is O=[N+]([O-])c1ccc(N=Nc2c([O-])ccc3ccccc23)c(O)c1.O=[N+]([O-])c1ccc2c(N=Nc3c([O-])ccc4ccccc34)c([O-])cc(S(=O)(=O)[O-])c2c1.[Cr+3].[Na+]. The van der Waals surface area contributed by atoms with Crippen LogP contribution < -0.4 is 44.9 Å². The van der Waals surface area contributed by atoms with Crippen LogP contribution in [0.2, 0.25) is 0 Å². The van der Waals surface area contributed by atoms with E-state index in [0.717, 1.165) is 29.7 Å². The van der Waals surface area contributed by atoms with Crippen LogP contribution in [0.5, 0.6) is 23.0 Å². The number of phenols is 1. The molecule has 1 N–H and O–H groups in total. The average Bonchev–Trinajstić information content (AvgIpc) is 3.14. The van der Waals surface area contributed by atoms with Crippen LogP contribution in [0.3, 0.4) is 0 Å². The molecule has 20 heteroatoms. The fourth-order valence-electron chi connectivity index (χ4n) is 5.35. The van der Waals surface area contributed by atoms with Gasteiger partial charge in [0.15, 0.2) is 0 Å². The van der Waals surface area contributed by atoms with Crippen molar-refractivity contribution in [2.24, 2.45) is 20.5 Å². The first-order chi connectivity index (χ1) is 25.7. The quantitative estimate of drug-likeness (QED) is 0.0777. The van der Waals surface area contributed by atoms with Gasteiger partial charge in [-0.3, -0.25) is 20.2 Å². The van der Waals surface area contributed by atoms with Crippen LogP contribution in [-0.2, 0) is 27.5 Å². The molecule has 0 saturated heterocycles. The molecule has 273 valence electrons. The Morgan fingerprint density at radius 3 is 1.50 bits per heavy atom. The molecule has 0 atom stereocenters. The molecule has 0 spiro atoms.